The second-order valence-electron chi connectivity index (χ2n) is 5.08. The van der Waals surface area contributed by atoms with Gasteiger partial charge in [0, 0.05) is 12.1 Å². The fourth-order valence-electron chi connectivity index (χ4n) is 1.94. The number of rotatable bonds is 7. The van der Waals surface area contributed by atoms with E-state index in [4.69, 9.17) is 9.84 Å². The maximum atomic E-state index is 10.8. The van der Waals surface area contributed by atoms with Crippen LogP contribution in [0.2, 0.25) is 0 Å². The molecule has 106 valence electrons. The van der Waals surface area contributed by atoms with E-state index >= 15 is 0 Å². The molecule has 1 aromatic carbocycles. The molecule has 1 aromatic rings. The Balaban J connectivity index is 2.59. The molecule has 0 bridgehead atoms. The number of methoxy groups -OCH3 is 1. The van der Waals surface area contributed by atoms with Gasteiger partial charge in [-0.2, -0.15) is 0 Å². The molecule has 0 amide bonds. The smallest absolute Gasteiger partial charge is 0.306 e. The van der Waals surface area contributed by atoms with Gasteiger partial charge in [0.25, 0.3) is 0 Å². The molecular weight excluding hydrogens is 242 g/mol. The number of ether oxygens (including phenoxy) is 1. The van der Waals surface area contributed by atoms with E-state index in [9.17, 15) is 4.79 Å². The Morgan fingerprint density at radius 2 is 2.16 bits per heavy atom. The number of benzene rings is 1. The molecule has 0 saturated heterocycles. The summed E-state index contributed by atoms with van der Waals surface area (Å²) in [6, 6.07) is 6.10. The van der Waals surface area contributed by atoms with Crippen LogP contribution in [0.4, 0.5) is 0 Å². The van der Waals surface area contributed by atoms with Crippen LogP contribution in [0.5, 0.6) is 5.75 Å². The quantitative estimate of drug-likeness (QED) is 0.823. The fraction of sp³-hybridized carbons (Fsp3) is 0.533. The van der Waals surface area contributed by atoms with Gasteiger partial charge in [-0.1, -0.05) is 24.6 Å². The van der Waals surface area contributed by atoms with Crippen molar-refractivity contribution < 1.29 is 14.6 Å². The summed E-state index contributed by atoms with van der Waals surface area (Å²) in [6.45, 7) is 5.31. The number of carboxylic acid groups (broad SMARTS) is 1. The number of hydrogen-bond donors (Lipinski definition) is 1. The average molecular weight is 265 g/mol. The topological polar surface area (TPSA) is 49.8 Å². The molecule has 4 heteroatoms. The van der Waals surface area contributed by atoms with Crippen molar-refractivity contribution in [3.63, 3.8) is 0 Å². The van der Waals surface area contributed by atoms with Gasteiger partial charge >= 0.3 is 5.97 Å². The van der Waals surface area contributed by atoms with Crippen molar-refractivity contribution in [2.75, 3.05) is 20.7 Å². The van der Waals surface area contributed by atoms with Crippen molar-refractivity contribution in [1.29, 1.82) is 0 Å². The van der Waals surface area contributed by atoms with E-state index in [0.29, 0.717) is 6.42 Å². The van der Waals surface area contributed by atoms with E-state index in [1.54, 1.807) is 14.0 Å². The van der Waals surface area contributed by atoms with Crippen LogP contribution in [0.1, 0.15) is 24.5 Å². The summed E-state index contributed by atoms with van der Waals surface area (Å²) in [5.41, 5.74) is 2.33. The summed E-state index contributed by atoms with van der Waals surface area (Å²) in [6.07, 6.45) is 0.653. The molecule has 0 spiro atoms. The van der Waals surface area contributed by atoms with Crippen molar-refractivity contribution in [1.82, 2.24) is 4.90 Å². The van der Waals surface area contributed by atoms with Gasteiger partial charge in [-0.25, -0.2) is 0 Å². The third kappa shape index (κ3) is 4.91. The first-order valence-corrected chi connectivity index (χ1v) is 6.49. The van der Waals surface area contributed by atoms with Crippen LogP contribution in [0.3, 0.4) is 0 Å². The van der Waals surface area contributed by atoms with Crippen LogP contribution >= 0.6 is 0 Å². The number of carboxylic acids is 1. The van der Waals surface area contributed by atoms with Crippen molar-refractivity contribution in [2.45, 2.75) is 26.8 Å². The number of aryl methyl sites for hydroxylation is 1. The van der Waals surface area contributed by atoms with E-state index in [2.05, 4.69) is 17.9 Å². The van der Waals surface area contributed by atoms with Gasteiger partial charge in [0.15, 0.2) is 0 Å². The van der Waals surface area contributed by atoms with Crippen LogP contribution in [-0.2, 0) is 11.3 Å². The van der Waals surface area contributed by atoms with Gasteiger partial charge in [0.2, 0.25) is 0 Å². The molecular formula is C15H23NO3. The molecule has 0 heterocycles. The van der Waals surface area contributed by atoms with E-state index < -0.39 is 5.97 Å². The van der Waals surface area contributed by atoms with Gasteiger partial charge in [-0.15, -0.1) is 0 Å². The van der Waals surface area contributed by atoms with E-state index in [1.807, 2.05) is 19.2 Å². The highest BCUT2D eigenvalue weighted by Crippen LogP contribution is 2.21. The van der Waals surface area contributed by atoms with E-state index in [-0.39, 0.29) is 5.92 Å². The zero-order valence-electron chi connectivity index (χ0n) is 12.1. The van der Waals surface area contributed by atoms with Crippen molar-refractivity contribution in [2.24, 2.45) is 5.92 Å². The Labute approximate surface area is 115 Å². The third-order valence-corrected chi connectivity index (χ3v) is 3.24. The molecule has 0 fully saturated rings. The Hall–Kier alpha value is -1.55. The van der Waals surface area contributed by atoms with Crippen LogP contribution in [0, 0.1) is 12.8 Å². The normalized spacial score (nSPS) is 12.5. The predicted molar refractivity (Wildman–Crippen MR) is 75.5 cm³/mol. The summed E-state index contributed by atoms with van der Waals surface area (Å²) in [5, 5.41) is 8.86. The standard InChI is InChI=1S/C15H23NO3/c1-11-5-6-14(19-4)13(9-11)10-16(3)8-7-12(2)15(17)18/h5-6,9,12H,7-8,10H2,1-4H3,(H,17,18). The summed E-state index contributed by atoms with van der Waals surface area (Å²) >= 11 is 0. The summed E-state index contributed by atoms with van der Waals surface area (Å²) in [7, 11) is 3.66. The Kier molecular flexibility index (Phi) is 5.83. The lowest BCUT2D eigenvalue weighted by atomic mass is 10.1. The molecule has 1 N–H and O–H groups in total. The van der Waals surface area contributed by atoms with Gasteiger partial charge in [-0.05, 0) is 33.0 Å². The number of carbonyl (C=O) groups is 1. The first-order chi connectivity index (χ1) is 8.93. The first-order valence-electron chi connectivity index (χ1n) is 6.49. The lowest BCUT2D eigenvalue weighted by Gasteiger charge is -2.19. The van der Waals surface area contributed by atoms with Crippen LogP contribution in [0.15, 0.2) is 18.2 Å². The number of aliphatic carboxylic acids is 1. The Bertz CT molecular complexity index is 431. The van der Waals surface area contributed by atoms with Gasteiger partial charge in [-0.3, -0.25) is 4.79 Å². The monoisotopic (exact) mass is 265 g/mol. The minimum absolute atomic E-state index is 0.304. The SMILES string of the molecule is COc1ccc(C)cc1CN(C)CCC(C)C(=O)O. The van der Waals surface area contributed by atoms with E-state index in [0.717, 1.165) is 24.4 Å². The van der Waals surface area contributed by atoms with Gasteiger partial charge in [0.05, 0.1) is 13.0 Å². The molecule has 0 radical (unpaired) electrons. The zero-order valence-corrected chi connectivity index (χ0v) is 12.1. The molecule has 0 aliphatic rings. The maximum Gasteiger partial charge on any atom is 0.306 e. The lowest BCUT2D eigenvalue weighted by Crippen LogP contribution is -2.23. The molecule has 0 aromatic heterocycles. The lowest BCUT2D eigenvalue weighted by molar-refractivity contribution is -0.141. The molecule has 19 heavy (non-hydrogen) atoms. The minimum Gasteiger partial charge on any atom is -0.496 e. The predicted octanol–water partition coefficient (Wildman–Crippen LogP) is 2.55. The molecule has 1 atom stereocenters. The number of nitrogens with zero attached hydrogens (tertiary/aromatic N) is 1. The second-order valence-corrected chi connectivity index (χ2v) is 5.08. The molecule has 0 aliphatic carbocycles. The van der Waals surface area contributed by atoms with Crippen LogP contribution in [0.25, 0.3) is 0 Å². The second kappa shape index (κ2) is 7.14. The maximum absolute atomic E-state index is 10.8. The average Bonchev–Trinajstić information content (AvgIpc) is 2.36. The van der Waals surface area contributed by atoms with Crippen molar-refractivity contribution >= 4 is 5.97 Å². The fourth-order valence-corrected chi connectivity index (χ4v) is 1.94. The molecule has 4 nitrogen and oxygen atoms in total. The van der Waals surface area contributed by atoms with Gasteiger partial charge in [0.1, 0.15) is 5.75 Å². The minimum atomic E-state index is -0.735. The summed E-state index contributed by atoms with van der Waals surface area (Å²) in [5.74, 6) is -0.160. The largest absolute Gasteiger partial charge is 0.496 e. The van der Waals surface area contributed by atoms with Crippen LogP contribution < -0.4 is 4.74 Å². The molecule has 1 rings (SSSR count). The Morgan fingerprint density at radius 1 is 1.47 bits per heavy atom. The molecule has 1 unspecified atom stereocenters. The first kappa shape index (κ1) is 15.5. The molecule has 0 aliphatic heterocycles. The van der Waals surface area contributed by atoms with Gasteiger partial charge < -0.3 is 14.7 Å². The highest BCUT2D eigenvalue weighted by Gasteiger charge is 2.12. The van der Waals surface area contributed by atoms with Crippen molar-refractivity contribution in [3.8, 4) is 5.75 Å². The molecule has 0 saturated carbocycles. The van der Waals surface area contributed by atoms with Crippen LogP contribution in [-0.4, -0.2) is 36.7 Å². The summed E-state index contributed by atoms with van der Waals surface area (Å²) < 4.78 is 5.34. The Morgan fingerprint density at radius 3 is 2.74 bits per heavy atom. The van der Waals surface area contributed by atoms with E-state index in [1.165, 1.54) is 5.56 Å². The number of hydrogen-bond acceptors (Lipinski definition) is 3. The van der Waals surface area contributed by atoms with Crippen molar-refractivity contribution in [3.05, 3.63) is 29.3 Å². The third-order valence-electron chi connectivity index (χ3n) is 3.24. The highest BCUT2D eigenvalue weighted by molar-refractivity contribution is 5.69. The summed E-state index contributed by atoms with van der Waals surface area (Å²) in [4.78, 5) is 12.9. The zero-order chi connectivity index (χ0) is 14.4. The highest BCUT2D eigenvalue weighted by atomic mass is 16.5.